The molecule has 0 aliphatic rings. The van der Waals surface area contributed by atoms with Gasteiger partial charge in [-0.3, -0.25) is 4.79 Å². The Morgan fingerprint density at radius 2 is 1.81 bits per heavy atom. The van der Waals surface area contributed by atoms with Gasteiger partial charge in [-0.2, -0.15) is 0 Å². The third-order valence-corrected chi connectivity index (χ3v) is 3.14. The fraction of sp³-hybridized carbons (Fsp3) is 0.917. The molecule has 0 N–H and O–H groups in total. The molecule has 0 aromatic carbocycles. The minimum Gasteiger partial charge on any atom is -0.464 e. The number of rotatable bonds is 10. The Bertz CT molecular complexity index is 174. The first-order valence-corrected chi connectivity index (χ1v) is 7.03. The molecule has 0 aliphatic carbocycles. The smallest absolute Gasteiger partial charge is 0.305 e. The maximum absolute atomic E-state index is 11.2. The summed E-state index contributed by atoms with van der Waals surface area (Å²) >= 11 is 11.2. The van der Waals surface area contributed by atoms with E-state index in [4.69, 9.17) is 27.9 Å². The molecule has 0 heterocycles. The first-order valence-electron chi connectivity index (χ1n) is 6.06. The number of halogens is 2. The van der Waals surface area contributed by atoms with Gasteiger partial charge in [0.1, 0.15) is 6.61 Å². The van der Waals surface area contributed by atoms with Crippen LogP contribution in [0.4, 0.5) is 0 Å². The third kappa shape index (κ3) is 10.6. The molecule has 96 valence electrons. The zero-order valence-electron chi connectivity index (χ0n) is 10.0. The molecule has 0 saturated carbocycles. The predicted molar refractivity (Wildman–Crippen MR) is 69.3 cm³/mol. The number of unbranched alkanes of at least 4 members (excludes halogenated alkanes) is 5. The molecule has 0 aliphatic heterocycles. The van der Waals surface area contributed by atoms with Crippen LogP contribution in [0.5, 0.6) is 0 Å². The van der Waals surface area contributed by atoms with Crippen LogP contribution in [0.2, 0.25) is 0 Å². The molecule has 4 heteroatoms. The summed E-state index contributed by atoms with van der Waals surface area (Å²) in [7, 11) is 0. The molecule has 0 rings (SSSR count). The predicted octanol–water partition coefficient (Wildman–Crippen LogP) is 4.13. The number of carbonyl (C=O) groups is 1. The summed E-state index contributed by atoms with van der Waals surface area (Å²) in [4.78, 5) is 11.2. The summed E-state index contributed by atoms with van der Waals surface area (Å²) in [5.74, 6) is 0.150. The Morgan fingerprint density at radius 1 is 1.19 bits per heavy atom. The standard InChI is InChI=1S/C12H22Cl2O2/c1-2-3-4-5-6-7-8-12(15)16-10-11(14)9-13/h11H,2-10H2,1H3. The second-order valence-electron chi connectivity index (χ2n) is 3.95. The highest BCUT2D eigenvalue weighted by Crippen LogP contribution is 2.08. The Balaban J connectivity index is 3.24. The van der Waals surface area contributed by atoms with Gasteiger partial charge in [-0.15, -0.1) is 23.2 Å². The van der Waals surface area contributed by atoms with Gasteiger partial charge in [0.05, 0.1) is 5.38 Å². The molecular weight excluding hydrogens is 247 g/mol. The zero-order chi connectivity index (χ0) is 12.2. The van der Waals surface area contributed by atoms with Crippen LogP contribution in [0.15, 0.2) is 0 Å². The van der Waals surface area contributed by atoms with Crippen molar-refractivity contribution in [3.05, 3.63) is 0 Å². The summed E-state index contributed by atoms with van der Waals surface area (Å²) in [6, 6.07) is 0. The summed E-state index contributed by atoms with van der Waals surface area (Å²) < 4.78 is 4.97. The highest BCUT2D eigenvalue weighted by Gasteiger charge is 2.07. The van der Waals surface area contributed by atoms with Gasteiger partial charge in [-0.1, -0.05) is 39.0 Å². The van der Waals surface area contributed by atoms with Crippen molar-refractivity contribution in [1.82, 2.24) is 0 Å². The van der Waals surface area contributed by atoms with Gasteiger partial charge in [0.2, 0.25) is 0 Å². The Kier molecular flexibility index (Phi) is 11.6. The monoisotopic (exact) mass is 268 g/mol. The molecule has 16 heavy (non-hydrogen) atoms. The second-order valence-corrected chi connectivity index (χ2v) is 4.88. The van der Waals surface area contributed by atoms with Crippen molar-refractivity contribution in [2.75, 3.05) is 12.5 Å². The highest BCUT2D eigenvalue weighted by atomic mass is 35.5. The van der Waals surface area contributed by atoms with Crippen molar-refractivity contribution in [1.29, 1.82) is 0 Å². The number of alkyl halides is 2. The van der Waals surface area contributed by atoms with E-state index in [0.29, 0.717) is 12.3 Å². The first-order chi connectivity index (χ1) is 7.70. The van der Waals surface area contributed by atoms with Gasteiger partial charge >= 0.3 is 5.97 Å². The quantitative estimate of drug-likeness (QED) is 0.338. The summed E-state index contributed by atoms with van der Waals surface area (Å²) in [5, 5.41) is -0.268. The number of ether oxygens (including phenoxy) is 1. The summed E-state index contributed by atoms with van der Waals surface area (Å²) in [6.07, 6.45) is 7.53. The fourth-order valence-electron chi connectivity index (χ4n) is 1.35. The van der Waals surface area contributed by atoms with Crippen molar-refractivity contribution >= 4 is 29.2 Å². The molecule has 0 amide bonds. The maximum atomic E-state index is 11.2. The Morgan fingerprint density at radius 3 is 2.44 bits per heavy atom. The number of hydrogen-bond donors (Lipinski definition) is 0. The average molecular weight is 269 g/mol. The summed E-state index contributed by atoms with van der Waals surface area (Å²) in [6.45, 7) is 2.41. The molecular formula is C12H22Cl2O2. The van der Waals surface area contributed by atoms with E-state index in [1.54, 1.807) is 0 Å². The van der Waals surface area contributed by atoms with Gasteiger partial charge in [0.15, 0.2) is 0 Å². The van der Waals surface area contributed by atoms with Crippen LogP contribution in [-0.2, 0) is 9.53 Å². The number of hydrogen-bond acceptors (Lipinski definition) is 2. The zero-order valence-corrected chi connectivity index (χ0v) is 11.5. The fourth-order valence-corrected chi connectivity index (χ4v) is 1.50. The van der Waals surface area contributed by atoms with E-state index < -0.39 is 0 Å². The van der Waals surface area contributed by atoms with Gasteiger partial charge in [0, 0.05) is 12.3 Å². The lowest BCUT2D eigenvalue weighted by Crippen LogP contribution is -2.15. The number of carbonyl (C=O) groups excluding carboxylic acids is 1. The van der Waals surface area contributed by atoms with Gasteiger partial charge in [0.25, 0.3) is 0 Å². The first kappa shape index (κ1) is 16.1. The maximum Gasteiger partial charge on any atom is 0.305 e. The largest absolute Gasteiger partial charge is 0.464 e. The molecule has 0 bridgehead atoms. The molecule has 1 atom stereocenters. The topological polar surface area (TPSA) is 26.3 Å². The molecule has 0 fully saturated rings. The van der Waals surface area contributed by atoms with Crippen molar-refractivity contribution in [2.24, 2.45) is 0 Å². The normalized spacial score (nSPS) is 12.4. The molecule has 1 unspecified atom stereocenters. The lowest BCUT2D eigenvalue weighted by atomic mass is 10.1. The molecule has 0 saturated heterocycles. The van der Waals surface area contributed by atoms with Gasteiger partial charge in [-0.25, -0.2) is 0 Å². The third-order valence-electron chi connectivity index (χ3n) is 2.33. The van der Waals surface area contributed by atoms with Crippen molar-refractivity contribution in [3.63, 3.8) is 0 Å². The van der Waals surface area contributed by atoms with E-state index in [0.717, 1.165) is 12.8 Å². The van der Waals surface area contributed by atoms with E-state index in [9.17, 15) is 4.79 Å². The van der Waals surface area contributed by atoms with Crippen LogP contribution in [0.3, 0.4) is 0 Å². The Labute approximate surface area is 109 Å². The molecule has 0 aromatic rings. The van der Waals surface area contributed by atoms with Crippen LogP contribution in [-0.4, -0.2) is 23.8 Å². The lowest BCUT2D eigenvalue weighted by molar-refractivity contribution is -0.143. The van der Waals surface area contributed by atoms with E-state index in [-0.39, 0.29) is 18.0 Å². The lowest BCUT2D eigenvalue weighted by Gasteiger charge is -2.07. The molecule has 0 spiro atoms. The van der Waals surface area contributed by atoms with E-state index in [2.05, 4.69) is 6.92 Å². The average Bonchev–Trinajstić information content (AvgIpc) is 2.30. The van der Waals surface area contributed by atoms with E-state index >= 15 is 0 Å². The van der Waals surface area contributed by atoms with Gasteiger partial charge in [-0.05, 0) is 6.42 Å². The minimum atomic E-state index is -0.268. The SMILES string of the molecule is CCCCCCCCC(=O)OCC(Cl)CCl. The second kappa shape index (κ2) is 11.5. The molecule has 0 aromatic heterocycles. The minimum absolute atomic E-state index is 0.161. The molecule has 0 radical (unpaired) electrons. The van der Waals surface area contributed by atoms with Crippen molar-refractivity contribution in [2.45, 2.75) is 57.2 Å². The van der Waals surface area contributed by atoms with Crippen LogP contribution in [0, 0.1) is 0 Å². The van der Waals surface area contributed by atoms with E-state index in [1.165, 1.54) is 25.7 Å². The Hall–Kier alpha value is 0.0500. The van der Waals surface area contributed by atoms with Crippen molar-refractivity contribution < 1.29 is 9.53 Å². The van der Waals surface area contributed by atoms with Crippen LogP contribution >= 0.6 is 23.2 Å². The van der Waals surface area contributed by atoms with Crippen LogP contribution < -0.4 is 0 Å². The van der Waals surface area contributed by atoms with Crippen molar-refractivity contribution in [3.8, 4) is 0 Å². The summed E-state index contributed by atoms with van der Waals surface area (Å²) in [5.41, 5.74) is 0. The number of esters is 1. The molecule has 2 nitrogen and oxygen atoms in total. The highest BCUT2D eigenvalue weighted by molar-refractivity contribution is 6.28. The van der Waals surface area contributed by atoms with Gasteiger partial charge < -0.3 is 4.74 Å². The van der Waals surface area contributed by atoms with E-state index in [1.807, 2.05) is 0 Å². The van der Waals surface area contributed by atoms with Crippen LogP contribution in [0.25, 0.3) is 0 Å². The van der Waals surface area contributed by atoms with Crippen LogP contribution in [0.1, 0.15) is 51.9 Å².